The maximum Gasteiger partial charge on any atom is 0.422 e. The van der Waals surface area contributed by atoms with Gasteiger partial charge in [0.1, 0.15) is 0 Å². The standard InChI is InChI=1S/C4H4O5/c1-4(7)8-2(5)3(6)9-4/h7H,1H3. The molecule has 9 heavy (non-hydrogen) atoms. The normalized spacial score (nSPS) is 23.3. The average molecular weight is 132 g/mol. The highest BCUT2D eigenvalue weighted by atomic mass is 16.9. The van der Waals surface area contributed by atoms with E-state index in [4.69, 9.17) is 5.11 Å². The SMILES string of the molecule is CC1(O)OC(=O)C(=O)O1. The average Bonchev–Trinajstić information content (AvgIpc) is 1.79. The summed E-state index contributed by atoms with van der Waals surface area (Å²) in [5.74, 6) is -4.39. The molecule has 1 N–H and O–H groups in total. The summed E-state index contributed by atoms with van der Waals surface area (Å²) in [5, 5.41) is 8.65. The first-order valence-corrected chi connectivity index (χ1v) is 2.20. The van der Waals surface area contributed by atoms with Crippen LogP contribution < -0.4 is 0 Å². The second kappa shape index (κ2) is 1.44. The fourth-order valence-electron chi connectivity index (χ4n) is 0.448. The zero-order valence-corrected chi connectivity index (χ0v) is 4.58. The lowest BCUT2D eigenvalue weighted by molar-refractivity contribution is -0.279. The highest BCUT2D eigenvalue weighted by Gasteiger charge is 2.43. The summed E-state index contributed by atoms with van der Waals surface area (Å²) in [6.07, 6.45) is 0. The molecule has 1 aliphatic rings. The molecular formula is C4H4O5. The van der Waals surface area contributed by atoms with Crippen LogP contribution in [-0.2, 0) is 19.1 Å². The van der Waals surface area contributed by atoms with E-state index in [-0.39, 0.29) is 0 Å². The summed E-state index contributed by atoms with van der Waals surface area (Å²) in [6.45, 7) is 1.05. The van der Waals surface area contributed by atoms with Crippen molar-refractivity contribution in [3.05, 3.63) is 0 Å². The Morgan fingerprint density at radius 2 is 1.67 bits per heavy atom. The minimum Gasteiger partial charge on any atom is -0.390 e. The second-order valence-electron chi connectivity index (χ2n) is 1.68. The van der Waals surface area contributed by atoms with E-state index in [2.05, 4.69) is 9.47 Å². The summed E-state index contributed by atoms with van der Waals surface area (Å²) in [6, 6.07) is 0. The molecule has 0 aromatic rings. The van der Waals surface area contributed by atoms with Crippen LogP contribution in [-0.4, -0.2) is 23.0 Å². The van der Waals surface area contributed by atoms with Gasteiger partial charge in [-0.15, -0.1) is 0 Å². The van der Waals surface area contributed by atoms with Crippen LogP contribution in [0.15, 0.2) is 0 Å². The van der Waals surface area contributed by atoms with Crippen molar-refractivity contribution in [2.45, 2.75) is 12.9 Å². The van der Waals surface area contributed by atoms with Crippen molar-refractivity contribution in [2.24, 2.45) is 0 Å². The molecule has 5 nitrogen and oxygen atoms in total. The van der Waals surface area contributed by atoms with E-state index in [0.29, 0.717) is 0 Å². The zero-order valence-electron chi connectivity index (χ0n) is 4.58. The molecule has 1 fully saturated rings. The Bertz CT molecular complexity index is 152. The molecule has 1 heterocycles. The number of rotatable bonds is 0. The fraction of sp³-hybridized carbons (Fsp3) is 0.500. The lowest BCUT2D eigenvalue weighted by Gasteiger charge is -2.09. The molecule has 0 bridgehead atoms. The van der Waals surface area contributed by atoms with Gasteiger partial charge in [0, 0.05) is 6.92 Å². The molecule has 0 radical (unpaired) electrons. The topological polar surface area (TPSA) is 72.8 Å². The zero-order chi connectivity index (χ0) is 7.07. The highest BCUT2D eigenvalue weighted by Crippen LogP contribution is 2.15. The molecule has 1 aliphatic heterocycles. The minimum absolute atomic E-state index is 1.05. The molecule has 0 unspecified atom stereocenters. The Labute approximate surface area is 50.2 Å². The van der Waals surface area contributed by atoms with Gasteiger partial charge < -0.3 is 14.6 Å². The van der Waals surface area contributed by atoms with Crippen LogP contribution in [0.2, 0.25) is 0 Å². The summed E-state index contributed by atoms with van der Waals surface area (Å²) in [7, 11) is 0. The number of carbonyl (C=O) groups excluding carboxylic acids is 2. The number of carbonyl (C=O) groups is 2. The first-order chi connectivity index (χ1) is 4.01. The van der Waals surface area contributed by atoms with Gasteiger partial charge in [-0.3, -0.25) is 0 Å². The van der Waals surface area contributed by atoms with Crippen molar-refractivity contribution in [3.8, 4) is 0 Å². The Balaban J connectivity index is 2.76. The summed E-state index contributed by atoms with van der Waals surface area (Å²) < 4.78 is 8.01. The largest absolute Gasteiger partial charge is 0.422 e. The molecule has 0 atom stereocenters. The van der Waals surface area contributed by atoms with Gasteiger partial charge >= 0.3 is 17.9 Å². The maximum atomic E-state index is 10.1. The third kappa shape index (κ3) is 0.996. The molecule has 0 aromatic carbocycles. The smallest absolute Gasteiger partial charge is 0.390 e. The van der Waals surface area contributed by atoms with Crippen molar-refractivity contribution in [3.63, 3.8) is 0 Å². The van der Waals surface area contributed by atoms with Gasteiger partial charge in [0.25, 0.3) is 0 Å². The molecule has 1 saturated heterocycles. The monoisotopic (exact) mass is 132 g/mol. The summed E-state index contributed by atoms with van der Waals surface area (Å²) >= 11 is 0. The Morgan fingerprint density at radius 1 is 1.33 bits per heavy atom. The van der Waals surface area contributed by atoms with E-state index in [0.717, 1.165) is 6.92 Å². The van der Waals surface area contributed by atoms with E-state index in [1.165, 1.54) is 0 Å². The van der Waals surface area contributed by atoms with E-state index < -0.39 is 17.9 Å². The molecule has 0 saturated carbocycles. The molecule has 0 amide bonds. The van der Waals surface area contributed by atoms with Gasteiger partial charge in [0.15, 0.2) is 0 Å². The van der Waals surface area contributed by atoms with Crippen LogP contribution in [0.3, 0.4) is 0 Å². The van der Waals surface area contributed by atoms with Crippen molar-refractivity contribution < 1.29 is 24.2 Å². The van der Waals surface area contributed by atoms with Crippen molar-refractivity contribution in [2.75, 3.05) is 0 Å². The third-order valence-electron chi connectivity index (χ3n) is 0.731. The predicted molar refractivity (Wildman–Crippen MR) is 22.8 cm³/mol. The summed E-state index contributed by atoms with van der Waals surface area (Å²) in [5.41, 5.74) is 0. The van der Waals surface area contributed by atoms with Crippen LogP contribution in [0.25, 0.3) is 0 Å². The molecular weight excluding hydrogens is 128 g/mol. The van der Waals surface area contributed by atoms with Gasteiger partial charge in [0.05, 0.1) is 0 Å². The van der Waals surface area contributed by atoms with E-state index in [1.54, 1.807) is 0 Å². The van der Waals surface area contributed by atoms with E-state index >= 15 is 0 Å². The van der Waals surface area contributed by atoms with Crippen molar-refractivity contribution in [1.82, 2.24) is 0 Å². The van der Waals surface area contributed by atoms with Gasteiger partial charge in [-0.1, -0.05) is 0 Å². The van der Waals surface area contributed by atoms with Crippen molar-refractivity contribution in [1.29, 1.82) is 0 Å². The number of hydrogen-bond donors (Lipinski definition) is 1. The van der Waals surface area contributed by atoms with Gasteiger partial charge in [-0.2, -0.15) is 0 Å². The predicted octanol–water partition coefficient (Wildman–Crippen LogP) is -1.25. The van der Waals surface area contributed by atoms with Crippen LogP contribution >= 0.6 is 0 Å². The molecule has 50 valence electrons. The lowest BCUT2D eigenvalue weighted by atomic mass is 10.7. The van der Waals surface area contributed by atoms with Gasteiger partial charge in [-0.25, -0.2) is 9.59 Å². The second-order valence-corrected chi connectivity index (χ2v) is 1.68. The van der Waals surface area contributed by atoms with Crippen LogP contribution in [0.4, 0.5) is 0 Å². The van der Waals surface area contributed by atoms with E-state index in [9.17, 15) is 9.59 Å². The molecule has 0 aliphatic carbocycles. The Hall–Kier alpha value is -1.10. The number of ether oxygens (including phenoxy) is 2. The van der Waals surface area contributed by atoms with Crippen LogP contribution in [0.1, 0.15) is 6.92 Å². The molecule has 1 rings (SSSR count). The Kier molecular flexibility index (Phi) is 0.967. The van der Waals surface area contributed by atoms with Gasteiger partial charge in [0.2, 0.25) is 0 Å². The fourth-order valence-corrected chi connectivity index (χ4v) is 0.448. The van der Waals surface area contributed by atoms with Crippen LogP contribution in [0.5, 0.6) is 0 Å². The number of cyclic esters (lactones) is 2. The number of hydrogen-bond acceptors (Lipinski definition) is 5. The first kappa shape index (κ1) is 6.03. The molecule has 0 spiro atoms. The van der Waals surface area contributed by atoms with Gasteiger partial charge in [-0.05, 0) is 0 Å². The third-order valence-corrected chi connectivity index (χ3v) is 0.731. The maximum absolute atomic E-state index is 10.1. The number of aliphatic hydroxyl groups is 1. The minimum atomic E-state index is -2.06. The Morgan fingerprint density at radius 3 is 1.78 bits per heavy atom. The first-order valence-electron chi connectivity index (χ1n) is 2.20. The number of esters is 2. The highest BCUT2D eigenvalue weighted by molar-refractivity contribution is 6.31. The van der Waals surface area contributed by atoms with Crippen LogP contribution in [0, 0.1) is 0 Å². The quantitative estimate of drug-likeness (QED) is 0.329. The molecule has 5 heteroatoms. The summed E-state index contributed by atoms with van der Waals surface area (Å²) in [4.78, 5) is 20.3. The van der Waals surface area contributed by atoms with E-state index in [1.807, 2.05) is 0 Å². The lowest BCUT2D eigenvalue weighted by Crippen LogP contribution is -2.24. The molecule has 0 aromatic heterocycles. The van der Waals surface area contributed by atoms with Crippen molar-refractivity contribution >= 4 is 11.9 Å².